The van der Waals surface area contributed by atoms with Crippen LogP contribution in [-0.2, 0) is 4.79 Å². The number of rotatable bonds is 5. The van der Waals surface area contributed by atoms with E-state index in [-0.39, 0.29) is 19.0 Å². The maximum Gasteiger partial charge on any atom is 0.471 e. The van der Waals surface area contributed by atoms with E-state index in [2.05, 4.69) is 0 Å². The summed E-state index contributed by atoms with van der Waals surface area (Å²) in [6.45, 7) is 5.70. The summed E-state index contributed by atoms with van der Waals surface area (Å²) in [6.07, 6.45) is -3.17. The van der Waals surface area contributed by atoms with Crippen LogP contribution >= 0.6 is 0 Å². The molecule has 0 saturated carbocycles. The molecule has 1 amide bonds. The van der Waals surface area contributed by atoms with Gasteiger partial charge in [0.1, 0.15) is 0 Å². The maximum absolute atomic E-state index is 12.2. The fourth-order valence-electron chi connectivity index (χ4n) is 1.39. The number of carbonyl (C=O) groups excluding carboxylic acids is 1. The highest BCUT2D eigenvalue weighted by molar-refractivity contribution is 5.81. The van der Waals surface area contributed by atoms with Gasteiger partial charge in [-0.1, -0.05) is 26.7 Å². The minimum absolute atomic E-state index is 0.106. The number of hydrogen-bond acceptors (Lipinski definition) is 1. The molecule has 0 unspecified atom stereocenters. The van der Waals surface area contributed by atoms with Crippen LogP contribution in [0.15, 0.2) is 0 Å². The Morgan fingerprint density at radius 2 is 1.67 bits per heavy atom. The molecule has 0 aromatic carbocycles. The first-order valence-corrected chi connectivity index (χ1v) is 5.22. The summed E-state index contributed by atoms with van der Waals surface area (Å²) in [5, 5.41) is 0. The maximum atomic E-state index is 12.2. The minimum atomic E-state index is -4.75. The van der Waals surface area contributed by atoms with E-state index in [9.17, 15) is 18.0 Å². The van der Waals surface area contributed by atoms with Gasteiger partial charge in [0.2, 0.25) is 0 Å². The van der Waals surface area contributed by atoms with E-state index in [4.69, 9.17) is 0 Å². The molecular weight excluding hydrogens is 207 g/mol. The normalized spacial score (nSPS) is 11.9. The van der Waals surface area contributed by atoms with E-state index in [0.29, 0.717) is 0 Å². The second kappa shape index (κ2) is 5.98. The molecule has 0 rings (SSSR count). The zero-order chi connectivity index (χ0) is 12.1. The van der Waals surface area contributed by atoms with E-state index in [1.807, 2.05) is 13.8 Å². The summed E-state index contributed by atoms with van der Waals surface area (Å²) >= 11 is 0. The summed E-state index contributed by atoms with van der Waals surface area (Å²) < 4.78 is 36.5. The second-order valence-electron chi connectivity index (χ2n) is 3.52. The van der Waals surface area contributed by atoms with Crippen LogP contribution < -0.4 is 0 Å². The van der Waals surface area contributed by atoms with E-state index in [0.717, 1.165) is 17.7 Å². The first kappa shape index (κ1) is 14.3. The Kier molecular flexibility index (Phi) is 5.68. The first-order valence-electron chi connectivity index (χ1n) is 5.22. The van der Waals surface area contributed by atoms with Gasteiger partial charge in [-0.15, -0.1) is 0 Å². The van der Waals surface area contributed by atoms with Crippen LogP contribution in [0.2, 0.25) is 0 Å². The van der Waals surface area contributed by atoms with E-state index >= 15 is 0 Å². The molecule has 0 fully saturated rings. The molecule has 0 aliphatic carbocycles. The summed E-state index contributed by atoms with van der Waals surface area (Å²) in [4.78, 5) is 11.8. The number of halogens is 3. The van der Waals surface area contributed by atoms with E-state index in [1.165, 1.54) is 0 Å². The SMILES string of the molecule is CCC(CC)CN(CC)C(=O)C(F)(F)F. The molecular formula is C10H18F3NO. The van der Waals surface area contributed by atoms with Crippen LogP contribution in [0.1, 0.15) is 33.6 Å². The largest absolute Gasteiger partial charge is 0.471 e. The van der Waals surface area contributed by atoms with Gasteiger partial charge in [-0.3, -0.25) is 4.79 Å². The van der Waals surface area contributed by atoms with Crippen molar-refractivity contribution in [3.05, 3.63) is 0 Å². The Balaban J connectivity index is 4.43. The summed E-state index contributed by atoms with van der Waals surface area (Å²) in [7, 11) is 0. The third-order valence-electron chi connectivity index (χ3n) is 2.54. The number of amides is 1. The third kappa shape index (κ3) is 4.53. The fraction of sp³-hybridized carbons (Fsp3) is 0.900. The molecule has 0 aliphatic heterocycles. The smallest absolute Gasteiger partial charge is 0.335 e. The lowest BCUT2D eigenvalue weighted by molar-refractivity contribution is -0.185. The van der Waals surface area contributed by atoms with Gasteiger partial charge in [-0.25, -0.2) is 0 Å². The lowest BCUT2D eigenvalue weighted by atomic mass is 10.0. The van der Waals surface area contributed by atoms with Crippen LogP contribution in [0.4, 0.5) is 13.2 Å². The highest BCUT2D eigenvalue weighted by Gasteiger charge is 2.42. The predicted octanol–water partition coefficient (Wildman–Crippen LogP) is 2.83. The van der Waals surface area contributed by atoms with Crippen molar-refractivity contribution in [3.63, 3.8) is 0 Å². The molecule has 0 aromatic rings. The van der Waals surface area contributed by atoms with Crippen molar-refractivity contribution in [2.24, 2.45) is 5.92 Å². The van der Waals surface area contributed by atoms with Crippen molar-refractivity contribution in [2.75, 3.05) is 13.1 Å². The average molecular weight is 225 g/mol. The quantitative estimate of drug-likeness (QED) is 0.704. The molecule has 0 aromatic heterocycles. The molecule has 0 heterocycles. The zero-order valence-electron chi connectivity index (χ0n) is 9.40. The molecule has 0 spiro atoms. The standard InChI is InChI=1S/C10H18F3NO/c1-4-8(5-2)7-14(6-3)9(15)10(11,12)13/h8H,4-7H2,1-3H3. The van der Waals surface area contributed by atoms with E-state index < -0.39 is 12.1 Å². The lowest BCUT2D eigenvalue weighted by Gasteiger charge is -2.26. The molecule has 2 nitrogen and oxygen atoms in total. The Morgan fingerprint density at radius 3 is 1.93 bits per heavy atom. The molecule has 0 aliphatic rings. The van der Waals surface area contributed by atoms with Gasteiger partial charge in [0.05, 0.1) is 0 Å². The molecule has 0 saturated heterocycles. The van der Waals surface area contributed by atoms with Crippen LogP contribution in [0.5, 0.6) is 0 Å². The van der Waals surface area contributed by atoms with Crippen molar-refractivity contribution < 1.29 is 18.0 Å². The van der Waals surface area contributed by atoms with Gasteiger partial charge in [0, 0.05) is 13.1 Å². The van der Waals surface area contributed by atoms with Gasteiger partial charge in [-0.2, -0.15) is 13.2 Å². The average Bonchev–Trinajstić information content (AvgIpc) is 2.18. The van der Waals surface area contributed by atoms with Crippen molar-refractivity contribution in [1.29, 1.82) is 0 Å². The van der Waals surface area contributed by atoms with Gasteiger partial charge < -0.3 is 4.90 Å². The van der Waals surface area contributed by atoms with Gasteiger partial charge in [-0.05, 0) is 12.8 Å². The molecule has 0 bridgehead atoms. The highest BCUT2D eigenvalue weighted by Crippen LogP contribution is 2.20. The molecule has 15 heavy (non-hydrogen) atoms. The minimum Gasteiger partial charge on any atom is -0.335 e. The zero-order valence-corrected chi connectivity index (χ0v) is 9.40. The molecule has 90 valence electrons. The van der Waals surface area contributed by atoms with Crippen LogP contribution in [0, 0.1) is 5.92 Å². The topological polar surface area (TPSA) is 20.3 Å². The molecule has 5 heteroatoms. The fourth-order valence-corrected chi connectivity index (χ4v) is 1.39. The number of nitrogens with zero attached hydrogens (tertiary/aromatic N) is 1. The van der Waals surface area contributed by atoms with Crippen molar-refractivity contribution in [2.45, 2.75) is 39.8 Å². The molecule has 0 radical (unpaired) electrons. The van der Waals surface area contributed by atoms with Gasteiger partial charge in [0.15, 0.2) is 0 Å². The Labute approximate surface area is 88.4 Å². The molecule has 0 N–H and O–H groups in total. The summed E-state index contributed by atoms with van der Waals surface area (Å²) in [5.74, 6) is -1.58. The highest BCUT2D eigenvalue weighted by atomic mass is 19.4. The Morgan fingerprint density at radius 1 is 1.20 bits per heavy atom. The van der Waals surface area contributed by atoms with Gasteiger partial charge in [0.25, 0.3) is 0 Å². The monoisotopic (exact) mass is 225 g/mol. The molecule has 0 atom stereocenters. The number of hydrogen-bond donors (Lipinski definition) is 0. The van der Waals surface area contributed by atoms with Crippen LogP contribution in [0.3, 0.4) is 0 Å². The number of carbonyl (C=O) groups is 1. The van der Waals surface area contributed by atoms with Crippen molar-refractivity contribution in [3.8, 4) is 0 Å². The van der Waals surface area contributed by atoms with Crippen LogP contribution in [-0.4, -0.2) is 30.1 Å². The van der Waals surface area contributed by atoms with Crippen LogP contribution in [0.25, 0.3) is 0 Å². The van der Waals surface area contributed by atoms with Crippen molar-refractivity contribution >= 4 is 5.91 Å². The first-order chi connectivity index (χ1) is 6.86. The second-order valence-corrected chi connectivity index (χ2v) is 3.52. The summed E-state index contributed by atoms with van der Waals surface area (Å²) in [6, 6.07) is 0. The van der Waals surface area contributed by atoms with E-state index in [1.54, 1.807) is 6.92 Å². The van der Waals surface area contributed by atoms with Gasteiger partial charge >= 0.3 is 12.1 Å². The Bertz CT molecular complexity index is 199. The summed E-state index contributed by atoms with van der Waals surface area (Å²) in [5.41, 5.74) is 0. The Hall–Kier alpha value is -0.740. The van der Waals surface area contributed by atoms with Crippen molar-refractivity contribution in [1.82, 2.24) is 4.90 Å². The predicted molar refractivity (Wildman–Crippen MR) is 52.4 cm³/mol. The lowest BCUT2D eigenvalue weighted by Crippen LogP contribution is -2.43. The number of alkyl halides is 3. The third-order valence-corrected chi connectivity index (χ3v) is 2.54.